The van der Waals surface area contributed by atoms with Gasteiger partial charge >= 0.3 is 5.97 Å². The van der Waals surface area contributed by atoms with Gasteiger partial charge in [-0.1, -0.05) is 24.3 Å². The molecule has 0 radical (unpaired) electrons. The Morgan fingerprint density at radius 1 is 1.29 bits per heavy atom. The number of aromatic hydroxyl groups is 1. The Morgan fingerprint density at radius 2 is 1.95 bits per heavy atom. The van der Waals surface area contributed by atoms with Gasteiger partial charge in [-0.3, -0.25) is 4.79 Å². The predicted molar refractivity (Wildman–Crippen MR) is 83.0 cm³/mol. The molecule has 1 aromatic carbocycles. The normalized spacial score (nSPS) is 18.2. The van der Waals surface area contributed by atoms with Crippen LogP contribution in [-0.4, -0.2) is 17.2 Å². The molecule has 1 aliphatic rings. The molecule has 0 aromatic heterocycles. The fraction of sp³-hybridized carbons (Fsp3) is 0.389. The summed E-state index contributed by atoms with van der Waals surface area (Å²) in [6.45, 7) is 5.57. The number of benzene rings is 1. The maximum atomic E-state index is 11.8. The molecule has 1 aliphatic carbocycles. The molecular formula is C18H22O3. The van der Waals surface area contributed by atoms with Gasteiger partial charge in [0.2, 0.25) is 0 Å². The smallest absolute Gasteiger partial charge is 0.311 e. The van der Waals surface area contributed by atoms with E-state index in [1.54, 1.807) is 12.1 Å². The maximum absolute atomic E-state index is 11.8. The van der Waals surface area contributed by atoms with E-state index in [1.807, 2.05) is 45.1 Å². The average molecular weight is 286 g/mol. The van der Waals surface area contributed by atoms with Crippen LogP contribution in [0.3, 0.4) is 0 Å². The zero-order chi connectivity index (χ0) is 15.5. The van der Waals surface area contributed by atoms with Crippen molar-refractivity contribution in [3.8, 4) is 5.75 Å². The van der Waals surface area contributed by atoms with Crippen LogP contribution in [0.1, 0.15) is 32.8 Å². The van der Waals surface area contributed by atoms with Crippen molar-refractivity contribution in [3.63, 3.8) is 0 Å². The zero-order valence-corrected chi connectivity index (χ0v) is 12.8. The Hall–Kier alpha value is -2.03. The molecule has 1 unspecified atom stereocenters. The third kappa shape index (κ3) is 4.48. The Morgan fingerprint density at radius 3 is 2.48 bits per heavy atom. The topological polar surface area (TPSA) is 46.5 Å². The number of rotatable bonds is 3. The van der Waals surface area contributed by atoms with Gasteiger partial charge in [0.15, 0.2) is 0 Å². The molecule has 21 heavy (non-hydrogen) atoms. The number of phenols is 1. The molecule has 0 spiro atoms. The second-order valence-electron chi connectivity index (χ2n) is 6.41. The largest absolute Gasteiger partial charge is 0.508 e. The van der Waals surface area contributed by atoms with Crippen molar-refractivity contribution < 1.29 is 14.6 Å². The number of allylic oxidation sites excluding steroid dienone is 2. The zero-order valence-electron chi connectivity index (χ0n) is 12.8. The van der Waals surface area contributed by atoms with Crippen LogP contribution in [0, 0.1) is 5.41 Å². The summed E-state index contributed by atoms with van der Waals surface area (Å²) in [5.41, 5.74) is 1.88. The third-order valence-electron chi connectivity index (χ3n) is 3.35. The Kier molecular flexibility index (Phi) is 4.51. The van der Waals surface area contributed by atoms with Crippen molar-refractivity contribution in [2.24, 2.45) is 5.41 Å². The van der Waals surface area contributed by atoms with Crippen LogP contribution in [-0.2, 0) is 16.0 Å². The molecule has 2 rings (SSSR count). The lowest BCUT2D eigenvalue weighted by Crippen LogP contribution is -2.27. The van der Waals surface area contributed by atoms with E-state index in [0.29, 0.717) is 6.42 Å². The van der Waals surface area contributed by atoms with E-state index >= 15 is 0 Å². The first kappa shape index (κ1) is 15.4. The van der Waals surface area contributed by atoms with Crippen molar-refractivity contribution >= 4 is 5.97 Å². The number of ether oxygens (including phenoxy) is 1. The Bertz CT molecular complexity index is 559. The highest BCUT2D eigenvalue weighted by atomic mass is 16.5. The lowest BCUT2D eigenvalue weighted by Gasteiger charge is -2.22. The molecule has 0 amide bonds. The average Bonchev–Trinajstić information content (AvgIpc) is 2.42. The summed E-state index contributed by atoms with van der Waals surface area (Å²) in [4.78, 5) is 11.8. The highest BCUT2D eigenvalue weighted by Gasteiger charge is 2.25. The second kappa shape index (κ2) is 6.17. The first-order valence-corrected chi connectivity index (χ1v) is 7.21. The summed E-state index contributed by atoms with van der Waals surface area (Å²) in [5, 5.41) is 9.27. The Balaban J connectivity index is 1.90. The lowest BCUT2D eigenvalue weighted by molar-refractivity contribution is -0.156. The minimum absolute atomic E-state index is 0.166. The van der Waals surface area contributed by atoms with E-state index in [4.69, 9.17) is 4.74 Å². The third-order valence-corrected chi connectivity index (χ3v) is 3.35. The molecule has 0 saturated heterocycles. The summed E-state index contributed by atoms with van der Waals surface area (Å²) in [6, 6.07) is 7.21. The number of hydrogen-bond donors (Lipinski definition) is 1. The van der Waals surface area contributed by atoms with E-state index in [-0.39, 0.29) is 17.8 Å². The van der Waals surface area contributed by atoms with Crippen molar-refractivity contribution in [1.29, 1.82) is 0 Å². The molecular weight excluding hydrogens is 264 g/mol. The highest BCUT2D eigenvalue weighted by Crippen LogP contribution is 2.22. The molecule has 112 valence electrons. The van der Waals surface area contributed by atoms with E-state index in [2.05, 4.69) is 6.08 Å². The summed E-state index contributed by atoms with van der Waals surface area (Å²) in [7, 11) is 0. The van der Waals surface area contributed by atoms with E-state index in [9.17, 15) is 9.90 Å². The lowest BCUT2D eigenvalue weighted by atomic mass is 9.96. The molecule has 0 saturated carbocycles. The first-order chi connectivity index (χ1) is 9.84. The molecule has 0 heterocycles. The maximum Gasteiger partial charge on any atom is 0.311 e. The minimum Gasteiger partial charge on any atom is -0.508 e. The predicted octanol–water partition coefficient (Wildman–Crippen LogP) is 3.78. The van der Waals surface area contributed by atoms with Gasteiger partial charge in [-0.2, -0.15) is 0 Å². The van der Waals surface area contributed by atoms with Crippen LogP contribution in [0.4, 0.5) is 0 Å². The standard InChI is InChI=1S/C18H22O3/c1-18(2,3)17(20)21-16-10-6-14(7-11-16)12-13-4-8-15(19)9-5-13/h4-10,16,19H,11-12H2,1-3H3. The molecule has 3 heteroatoms. The summed E-state index contributed by atoms with van der Waals surface area (Å²) in [5.74, 6) is 0.105. The van der Waals surface area contributed by atoms with Gasteiger partial charge in [-0.05, 0) is 56.5 Å². The molecule has 1 N–H and O–H groups in total. The number of carbonyl (C=O) groups excluding carboxylic acids is 1. The highest BCUT2D eigenvalue weighted by molar-refractivity contribution is 5.75. The Labute approximate surface area is 125 Å². The van der Waals surface area contributed by atoms with Crippen LogP contribution >= 0.6 is 0 Å². The van der Waals surface area contributed by atoms with Gasteiger partial charge in [0.1, 0.15) is 11.9 Å². The number of hydrogen-bond acceptors (Lipinski definition) is 3. The summed E-state index contributed by atoms with van der Waals surface area (Å²) in [6.07, 6.45) is 7.42. The van der Waals surface area contributed by atoms with Crippen molar-refractivity contribution in [3.05, 3.63) is 53.6 Å². The first-order valence-electron chi connectivity index (χ1n) is 7.21. The van der Waals surface area contributed by atoms with Gasteiger partial charge in [-0.25, -0.2) is 0 Å². The van der Waals surface area contributed by atoms with Gasteiger partial charge in [-0.15, -0.1) is 0 Å². The van der Waals surface area contributed by atoms with E-state index < -0.39 is 5.41 Å². The minimum atomic E-state index is -0.468. The van der Waals surface area contributed by atoms with Crippen LogP contribution in [0.15, 0.2) is 48.1 Å². The van der Waals surface area contributed by atoms with Gasteiger partial charge in [0.25, 0.3) is 0 Å². The fourth-order valence-electron chi connectivity index (χ4n) is 2.03. The van der Waals surface area contributed by atoms with Gasteiger partial charge in [0, 0.05) is 6.42 Å². The van der Waals surface area contributed by atoms with Gasteiger partial charge < -0.3 is 9.84 Å². The molecule has 3 nitrogen and oxygen atoms in total. The molecule has 0 aliphatic heterocycles. The van der Waals surface area contributed by atoms with Crippen molar-refractivity contribution in [2.45, 2.75) is 39.7 Å². The van der Waals surface area contributed by atoms with E-state index in [0.717, 1.165) is 12.0 Å². The molecule has 0 fully saturated rings. The quantitative estimate of drug-likeness (QED) is 0.860. The number of esters is 1. The summed E-state index contributed by atoms with van der Waals surface area (Å²) < 4.78 is 5.47. The monoisotopic (exact) mass is 286 g/mol. The molecule has 1 aromatic rings. The SMILES string of the molecule is CC(C)(C)C(=O)OC1C=CC(Cc2ccc(O)cc2)=CC1. The van der Waals surface area contributed by atoms with Crippen molar-refractivity contribution in [2.75, 3.05) is 0 Å². The fourth-order valence-corrected chi connectivity index (χ4v) is 2.03. The number of phenolic OH excluding ortho intramolecular Hbond substituents is 1. The van der Waals surface area contributed by atoms with Gasteiger partial charge in [0.05, 0.1) is 5.41 Å². The van der Waals surface area contributed by atoms with E-state index in [1.165, 1.54) is 5.57 Å². The van der Waals surface area contributed by atoms with Crippen molar-refractivity contribution in [1.82, 2.24) is 0 Å². The summed E-state index contributed by atoms with van der Waals surface area (Å²) >= 11 is 0. The van der Waals surface area contributed by atoms with Crippen LogP contribution in [0.25, 0.3) is 0 Å². The number of carbonyl (C=O) groups is 1. The molecule has 0 bridgehead atoms. The molecule has 1 atom stereocenters. The van der Waals surface area contributed by atoms with Crippen LogP contribution < -0.4 is 0 Å². The second-order valence-corrected chi connectivity index (χ2v) is 6.41. The van der Waals surface area contributed by atoms with Crippen LogP contribution in [0.5, 0.6) is 5.75 Å². The van der Waals surface area contributed by atoms with Crippen LogP contribution in [0.2, 0.25) is 0 Å².